The van der Waals surface area contributed by atoms with Crippen molar-refractivity contribution in [2.75, 3.05) is 19.0 Å². The highest BCUT2D eigenvalue weighted by molar-refractivity contribution is 6.05. The lowest BCUT2D eigenvalue weighted by Gasteiger charge is -2.09. The lowest BCUT2D eigenvalue weighted by atomic mass is 9.99. The van der Waals surface area contributed by atoms with E-state index in [-0.39, 0.29) is 0 Å². The van der Waals surface area contributed by atoms with E-state index < -0.39 is 0 Å². The topological polar surface area (TPSA) is 115 Å². The van der Waals surface area contributed by atoms with Crippen LogP contribution in [0.15, 0.2) is 65.3 Å². The summed E-state index contributed by atoms with van der Waals surface area (Å²) in [5.74, 6) is 3.19. The van der Waals surface area contributed by atoms with Gasteiger partial charge in [-0.2, -0.15) is 0 Å². The number of aryl methyl sites for hydroxylation is 1. The van der Waals surface area contributed by atoms with Gasteiger partial charge in [0.2, 0.25) is 5.71 Å². The Morgan fingerprint density at radius 2 is 1.74 bits per heavy atom. The number of H-pyrrole nitrogens is 1. The predicted molar refractivity (Wildman–Crippen MR) is 134 cm³/mol. The molecule has 0 aliphatic heterocycles. The van der Waals surface area contributed by atoms with Crippen molar-refractivity contribution < 1.29 is 9.15 Å². The summed E-state index contributed by atoms with van der Waals surface area (Å²) in [7, 11) is 1.67. The number of anilines is 1. The molecule has 35 heavy (non-hydrogen) atoms. The van der Waals surface area contributed by atoms with Crippen LogP contribution >= 0.6 is 0 Å². The SMILES string of the molecule is COc1ccc(-c2c(-c3ccccc3)oc3ncnc(NCCCCCCc4nnn[nH]4)c23)cc1. The first-order valence-electron chi connectivity index (χ1n) is 11.8. The van der Waals surface area contributed by atoms with E-state index in [0.29, 0.717) is 5.71 Å². The summed E-state index contributed by atoms with van der Waals surface area (Å²) < 4.78 is 11.6. The first-order valence-corrected chi connectivity index (χ1v) is 11.8. The highest BCUT2D eigenvalue weighted by atomic mass is 16.5. The normalized spacial score (nSPS) is 11.1. The molecule has 5 rings (SSSR count). The van der Waals surface area contributed by atoms with E-state index in [0.717, 1.165) is 83.9 Å². The van der Waals surface area contributed by atoms with Gasteiger partial charge in [0.15, 0.2) is 0 Å². The standard InChI is InChI=1S/C26H27N7O2/c1-34-20-14-12-18(13-15-20)22-23-25(27-16-8-3-2-7-11-21-30-32-33-31-21)28-17-29-26(23)35-24(22)19-9-5-4-6-10-19/h4-6,9-10,12-15,17H,2-3,7-8,11,16H2,1H3,(H,27,28,29)(H,30,31,32,33). The predicted octanol–water partition coefficient (Wildman–Crippen LogP) is 5.29. The van der Waals surface area contributed by atoms with Crippen LogP contribution in [0, 0.1) is 0 Å². The van der Waals surface area contributed by atoms with Crippen LogP contribution in [0.4, 0.5) is 5.82 Å². The number of benzene rings is 2. The van der Waals surface area contributed by atoms with Gasteiger partial charge in [-0.25, -0.2) is 15.1 Å². The molecule has 0 saturated heterocycles. The molecule has 2 aromatic carbocycles. The number of furan rings is 1. The van der Waals surface area contributed by atoms with Crippen molar-refractivity contribution in [2.24, 2.45) is 0 Å². The Morgan fingerprint density at radius 1 is 0.914 bits per heavy atom. The average molecular weight is 470 g/mol. The third-order valence-corrected chi connectivity index (χ3v) is 5.92. The fourth-order valence-corrected chi connectivity index (χ4v) is 4.16. The summed E-state index contributed by atoms with van der Waals surface area (Å²) in [4.78, 5) is 9.01. The van der Waals surface area contributed by atoms with Crippen molar-refractivity contribution in [1.29, 1.82) is 0 Å². The van der Waals surface area contributed by atoms with Crippen LogP contribution < -0.4 is 10.1 Å². The summed E-state index contributed by atoms with van der Waals surface area (Å²) in [6.45, 7) is 0.809. The number of aromatic amines is 1. The first-order chi connectivity index (χ1) is 17.3. The van der Waals surface area contributed by atoms with Crippen LogP contribution in [0.25, 0.3) is 33.6 Å². The zero-order valence-electron chi connectivity index (χ0n) is 19.6. The molecule has 0 fully saturated rings. The van der Waals surface area contributed by atoms with Crippen LogP contribution in [-0.4, -0.2) is 44.2 Å². The zero-order chi connectivity index (χ0) is 23.9. The lowest BCUT2D eigenvalue weighted by molar-refractivity contribution is 0.415. The summed E-state index contributed by atoms with van der Waals surface area (Å²) in [6, 6.07) is 18.1. The molecule has 0 aliphatic carbocycles. The van der Waals surface area contributed by atoms with Gasteiger partial charge >= 0.3 is 0 Å². The second-order valence-electron chi connectivity index (χ2n) is 8.24. The van der Waals surface area contributed by atoms with Gasteiger partial charge in [-0.15, -0.1) is 5.10 Å². The maximum atomic E-state index is 6.29. The molecule has 0 amide bonds. The minimum Gasteiger partial charge on any atom is -0.497 e. The highest BCUT2D eigenvalue weighted by Crippen LogP contribution is 2.42. The maximum Gasteiger partial charge on any atom is 0.232 e. The maximum absolute atomic E-state index is 6.29. The molecular formula is C26H27N7O2. The minimum atomic E-state index is 0.563. The van der Waals surface area contributed by atoms with E-state index >= 15 is 0 Å². The van der Waals surface area contributed by atoms with Crippen molar-refractivity contribution >= 4 is 16.9 Å². The average Bonchev–Trinajstić information content (AvgIpc) is 3.57. The second-order valence-corrected chi connectivity index (χ2v) is 8.24. The number of rotatable bonds is 11. The number of nitrogens with zero attached hydrogens (tertiary/aromatic N) is 5. The van der Waals surface area contributed by atoms with Gasteiger partial charge in [-0.3, -0.25) is 0 Å². The lowest BCUT2D eigenvalue weighted by Crippen LogP contribution is -2.04. The van der Waals surface area contributed by atoms with E-state index in [1.54, 1.807) is 13.4 Å². The molecule has 0 saturated carbocycles. The van der Waals surface area contributed by atoms with Gasteiger partial charge < -0.3 is 14.5 Å². The van der Waals surface area contributed by atoms with E-state index in [2.05, 4.69) is 35.9 Å². The van der Waals surface area contributed by atoms with Gasteiger partial charge in [0.05, 0.1) is 12.5 Å². The zero-order valence-corrected chi connectivity index (χ0v) is 19.6. The molecule has 0 unspecified atom stereocenters. The molecule has 9 heteroatoms. The Morgan fingerprint density at radius 3 is 2.51 bits per heavy atom. The smallest absolute Gasteiger partial charge is 0.232 e. The van der Waals surface area contributed by atoms with Crippen molar-refractivity contribution in [3.05, 3.63) is 66.7 Å². The number of unbranched alkanes of at least 4 members (excludes halogenated alkanes) is 3. The Hall–Kier alpha value is -4.27. The Kier molecular flexibility index (Phi) is 6.93. The monoisotopic (exact) mass is 469 g/mol. The summed E-state index contributed by atoms with van der Waals surface area (Å²) in [5.41, 5.74) is 3.54. The van der Waals surface area contributed by atoms with Crippen LogP contribution in [0.1, 0.15) is 31.5 Å². The third-order valence-electron chi connectivity index (χ3n) is 5.92. The number of methoxy groups -OCH3 is 1. The number of fused-ring (bicyclic) bond motifs is 1. The van der Waals surface area contributed by atoms with Crippen LogP contribution in [-0.2, 0) is 6.42 Å². The molecule has 0 spiro atoms. The van der Waals surface area contributed by atoms with Crippen molar-refractivity contribution in [2.45, 2.75) is 32.1 Å². The van der Waals surface area contributed by atoms with E-state index in [1.807, 2.05) is 54.6 Å². The summed E-state index contributed by atoms with van der Waals surface area (Å²) >= 11 is 0. The van der Waals surface area contributed by atoms with E-state index in [9.17, 15) is 0 Å². The third kappa shape index (κ3) is 5.13. The summed E-state index contributed by atoms with van der Waals surface area (Å²) in [6.07, 6.45) is 6.72. The molecular weight excluding hydrogens is 442 g/mol. The molecule has 9 nitrogen and oxygen atoms in total. The first kappa shape index (κ1) is 22.5. The fourth-order valence-electron chi connectivity index (χ4n) is 4.16. The number of tetrazole rings is 1. The number of aromatic nitrogens is 6. The fraction of sp³-hybridized carbons (Fsp3) is 0.269. The van der Waals surface area contributed by atoms with Gasteiger partial charge in [-0.1, -0.05) is 55.3 Å². The Labute approximate surface area is 203 Å². The van der Waals surface area contributed by atoms with E-state index in [1.165, 1.54) is 0 Å². The number of hydrogen-bond donors (Lipinski definition) is 2. The van der Waals surface area contributed by atoms with E-state index in [4.69, 9.17) is 9.15 Å². The van der Waals surface area contributed by atoms with Gasteiger partial charge in [0.1, 0.15) is 29.5 Å². The summed E-state index contributed by atoms with van der Waals surface area (Å²) in [5, 5.41) is 18.3. The van der Waals surface area contributed by atoms with Crippen LogP contribution in [0.3, 0.4) is 0 Å². The molecule has 3 heterocycles. The van der Waals surface area contributed by atoms with Gasteiger partial charge in [-0.05, 0) is 41.0 Å². The Bertz CT molecular complexity index is 1350. The van der Waals surface area contributed by atoms with Crippen molar-refractivity contribution in [3.63, 3.8) is 0 Å². The van der Waals surface area contributed by atoms with Crippen LogP contribution in [0.2, 0.25) is 0 Å². The molecule has 5 aromatic rings. The Balaban J connectivity index is 1.37. The molecule has 0 aliphatic rings. The molecule has 0 bridgehead atoms. The number of hydrogen-bond acceptors (Lipinski definition) is 8. The minimum absolute atomic E-state index is 0.563. The number of ether oxygens (including phenoxy) is 1. The largest absolute Gasteiger partial charge is 0.497 e. The molecule has 178 valence electrons. The van der Waals surface area contributed by atoms with Crippen molar-refractivity contribution in [3.8, 4) is 28.2 Å². The van der Waals surface area contributed by atoms with Crippen molar-refractivity contribution in [1.82, 2.24) is 30.6 Å². The molecule has 2 N–H and O–H groups in total. The highest BCUT2D eigenvalue weighted by Gasteiger charge is 2.22. The van der Waals surface area contributed by atoms with Gasteiger partial charge in [0, 0.05) is 24.1 Å². The molecule has 3 aromatic heterocycles. The molecule has 0 radical (unpaired) electrons. The second kappa shape index (κ2) is 10.8. The quantitative estimate of drug-likeness (QED) is 0.251. The van der Waals surface area contributed by atoms with Gasteiger partial charge in [0.25, 0.3) is 0 Å². The number of nitrogens with one attached hydrogen (secondary N) is 2. The molecule has 0 atom stereocenters. The van der Waals surface area contributed by atoms with Crippen LogP contribution in [0.5, 0.6) is 5.75 Å².